The maximum atomic E-state index is 11.9. The molecular weight excluding hydrogens is 167 g/mol. The van der Waals surface area contributed by atoms with Gasteiger partial charge < -0.3 is 10.2 Å². The summed E-state index contributed by atoms with van der Waals surface area (Å²) >= 11 is 0. The molecular formula is C6H7FN2O3. The van der Waals surface area contributed by atoms with Gasteiger partial charge in [0.25, 0.3) is 0 Å². The van der Waals surface area contributed by atoms with Gasteiger partial charge in [-0.25, -0.2) is 4.39 Å². The summed E-state index contributed by atoms with van der Waals surface area (Å²) in [5.74, 6) is -0.335. The van der Waals surface area contributed by atoms with Gasteiger partial charge >= 0.3 is 5.88 Å². The highest BCUT2D eigenvalue weighted by molar-refractivity contribution is 5.19. The number of hydrogen-bond donors (Lipinski definition) is 1. The summed E-state index contributed by atoms with van der Waals surface area (Å²) in [6.07, 6.45) is 0. The topological polar surface area (TPSA) is 82.3 Å². The van der Waals surface area contributed by atoms with E-state index >= 15 is 0 Å². The largest absolute Gasteiger partial charge is 0.433 e. The molecule has 6 heteroatoms. The number of rotatable bonds is 3. The van der Waals surface area contributed by atoms with Crippen LogP contribution in [0.2, 0.25) is 0 Å². The Morgan fingerprint density at radius 3 is 2.83 bits per heavy atom. The second-order valence-corrected chi connectivity index (χ2v) is 2.19. The third-order valence-corrected chi connectivity index (χ3v) is 1.32. The van der Waals surface area contributed by atoms with E-state index in [0.29, 0.717) is 0 Å². The lowest BCUT2D eigenvalue weighted by Crippen LogP contribution is -2.10. The molecule has 0 bridgehead atoms. The Kier molecular flexibility index (Phi) is 2.39. The molecule has 1 rings (SSSR count). The minimum Gasteiger partial charge on any atom is -0.404 e. The molecule has 66 valence electrons. The molecule has 5 nitrogen and oxygen atoms in total. The summed E-state index contributed by atoms with van der Waals surface area (Å²) in [7, 11) is 0. The molecule has 0 aliphatic rings. The van der Waals surface area contributed by atoms with E-state index < -0.39 is 23.5 Å². The van der Waals surface area contributed by atoms with Crippen molar-refractivity contribution in [3.05, 3.63) is 28.0 Å². The van der Waals surface area contributed by atoms with Gasteiger partial charge in [-0.15, -0.1) is 0 Å². The Bertz CT molecular complexity index is 286. The van der Waals surface area contributed by atoms with Crippen LogP contribution in [0.5, 0.6) is 0 Å². The van der Waals surface area contributed by atoms with Crippen LogP contribution < -0.4 is 5.73 Å². The zero-order valence-electron chi connectivity index (χ0n) is 6.07. The van der Waals surface area contributed by atoms with Gasteiger partial charge in [0.05, 0.1) is 12.1 Å². The van der Waals surface area contributed by atoms with Crippen LogP contribution in [0.4, 0.5) is 10.3 Å². The van der Waals surface area contributed by atoms with Gasteiger partial charge in [-0.2, -0.15) is 0 Å². The lowest BCUT2D eigenvalue weighted by atomic mass is 10.3. The maximum Gasteiger partial charge on any atom is 0.433 e. The fourth-order valence-electron chi connectivity index (χ4n) is 0.716. The highest BCUT2D eigenvalue weighted by Gasteiger charge is 2.16. The van der Waals surface area contributed by atoms with E-state index in [4.69, 9.17) is 5.73 Å². The normalized spacial score (nSPS) is 12.8. The predicted octanol–water partition coefficient (Wildman–Crippen LogP) is 1.16. The first-order chi connectivity index (χ1) is 5.65. The van der Waals surface area contributed by atoms with Crippen molar-refractivity contribution < 1.29 is 13.7 Å². The molecule has 0 aliphatic carbocycles. The fourth-order valence-corrected chi connectivity index (χ4v) is 0.716. The first-order valence-corrected chi connectivity index (χ1v) is 3.21. The number of alkyl halides is 1. The zero-order valence-corrected chi connectivity index (χ0v) is 6.07. The van der Waals surface area contributed by atoms with Crippen molar-refractivity contribution in [2.45, 2.75) is 6.04 Å². The Labute approximate surface area is 67.1 Å². The molecule has 1 heterocycles. The Morgan fingerprint density at radius 2 is 2.42 bits per heavy atom. The lowest BCUT2D eigenvalue weighted by molar-refractivity contribution is -0.402. The van der Waals surface area contributed by atoms with E-state index in [-0.39, 0.29) is 5.76 Å². The summed E-state index contributed by atoms with van der Waals surface area (Å²) in [6.45, 7) is -0.801. The minimum absolute atomic E-state index is 0.0872. The number of hydrogen-bond acceptors (Lipinski definition) is 4. The molecule has 1 atom stereocenters. The first kappa shape index (κ1) is 8.66. The second kappa shape index (κ2) is 3.31. The average molecular weight is 174 g/mol. The average Bonchev–Trinajstić information content (AvgIpc) is 2.51. The van der Waals surface area contributed by atoms with Crippen LogP contribution in [-0.4, -0.2) is 11.6 Å². The predicted molar refractivity (Wildman–Crippen MR) is 38.3 cm³/mol. The van der Waals surface area contributed by atoms with Crippen LogP contribution in [0.25, 0.3) is 0 Å². The first-order valence-electron chi connectivity index (χ1n) is 3.21. The van der Waals surface area contributed by atoms with Crippen molar-refractivity contribution in [1.82, 2.24) is 0 Å². The van der Waals surface area contributed by atoms with Crippen LogP contribution in [-0.2, 0) is 0 Å². The molecule has 2 N–H and O–H groups in total. The molecule has 0 aromatic carbocycles. The third kappa shape index (κ3) is 1.59. The standard InChI is InChI=1S/C6H7FN2O3/c7-3-4(8)5-1-2-6(12-5)9(10)11/h1-2,4H,3,8H2/t4-/m0/s1. The van der Waals surface area contributed by atoms with Gasteiger partial charge in [-0.05, 0) is 6.07 Å². The van der Waals surface area contributed by atoms with Gasteiger partial charge in [0.15, 0.2) is 0 Å². The van der Waals surface area contributed by atoms with Crippen LogP contribution in [0.1, 0.15) is 11.8 Å². The molecule has 0 fully saturated rings. The van der Waals surface area contributed by atoms with E-state index in [1.807, 2.05) is 0 Å². The summed E-state index contributed by atoms with van der Waals surface area (Å²) in [4.78, 5) is 9.40. The molecule has 0 saturated carbocycles. The number of furan rings is 1. The van der Waals surface area contributed by atoms with E-state index in [2.05, 4.69) is 4.42 Å². The van der Waals surface area contributed by atoms with Gasteiger partial charge in [0, 0.05) is 0 Å². The van der Waals surface area contributed by atoms with Gasteiger partial charge in [-0.1, -0.05) is 0 Å². The van der Waals surface area contributed by atoms with E-state index in [1.165, 1.54) is 6.07 Å². The molecule has 0 saturated heterocycles. The van der Waals surface area contributed by atoms with Crippen LogP contribution in [0, 0.1) is 10.1 Å². The Balaban J connectivity index is 2.84. The van der Waals surface area contributed by atoms with E-state index in [9.17, 15) is 14.5 Å². The molecule has 0 spiro atoms. The van der Waals surface area contributed by atoms with Crippen molar-refractivity contribution >= 4 is 5.88 Å². The summed E-state index contributed by atoms with van der Waals surface area (Å²) in [6, 6.07) is 1.52. The summed E-state index contributed by atoms with van der Waals surface area (Å²) in [5, 5.41) is 10.1. The smallest absolute Gasteiger partial charge is 0.404 e. The van der Waals surface area contributed by atoms with Crippen molar-refractivity contribution in [2.24, 2.45) is 5.73 Å². The van der Waals surface area contributed by atoms with Gasteiger partial charge in [0.2, 0.25) is 0 Å². The number of nitro groups is 1. The monoisotopic (exact) mass is 174 g/mol. The van der Waals surface area contributed by atoms with Crippen molar-refractivity contribution in [3.8, 4) is 0 Å². The molecule has 0 unspecified atom stereocenters. The highest BCUT2D eigenvalue weighted by atomic mass is 19.1. The van der Waals surface area contributed by atoms with E-state index in [1.54, 1.807) is 0 Å². The maximum absolute atomic E-state index is 11.9. The summed E-state index contributed by atoms with van der Waals surface area (Å²) in [5.41, 5.74) is 5.22. The van der Waals surface area contributed by atoms with E-state index in [0.717, 1.165) is 6.07 Å². The highest BCUT2D eigenvalue weighted by Crippen LogP contribution is 2.20. The Morgan fingerprint density at radius 1 is 1.75 bits per heavy atom. The molecule has 1 aromatic rings. The summed E-state index contributed by atoms with van der Waals surface area (Å²) < 4.78 is 16.6. The Hall–Kier alpha value is -1.43. The molecule has 1 aromatic heterocycles. The fraction of sp³-hybridized carbons (Fsp3) is 0.333. The van der Waals surface area contributed by atoms with Crippen molar-refractivity contribution in [3.63, 3.8) is 0 Å². The molecule has 0 amide bonds. The van der Waals surface area contributed by atoms with Crippen molar-refractivity contribution in [2.75, 3.05) is 6.67 Å². The number of nitrogens with two attached hydrogens (primary N) is 1. The third-order valence-electron chi connectivity index (χ3n) is 1.32. The van der Waals surface area contributed by atoms with Crippen LogP contribution in [0.3, 0.4) is 0 Å². The lowest BCUT2D eigenvalue weighted by Gasteiger charge is -1.99. The van der Waals surface area contributed by atoms with Gasteiger partial charge in [0.1, 0.15) is 17.4 Å². The molecule has 0 aliphatic heterocycles. The zero-order chi connectivity index (χ0) is 9.14. The van der Waals surface area contributed by atoms with Crippen molar-refractivity contribution in [1.29, 1.82) is 0 Å². The molecule has 12 heavy (non-hydrogen) atoms. The SMILES string of the molecule is N[C@@H](CF)c1ccc([N+](=O)[O-])o1. The van der Waals surface area contributed by atoms with Crippen LogP contribution in [0.15, 0.2) is 16.5 Å². The van der Waals surface area contributed by atoms with Crippen LogP contribution >= 0.6 is 0 Å². The molecule has 0 radical (unpaired) electrons. The second-order valence-electron chi connectivity index (χ2n) is 2.19. The number of halogens is 1. The quantitative estimate of drug-likeness (QED) is 0.550. The van der Waals surface area contributed by atoms with Gasteiger partial charge in [-0.3, -0.25) is 10.1 Å². The minimum atomic E-state index is -0.918. The number of nitrogens with zero attached hydrogens (tertiary/aromatic N) is 1.